The summed E-state index contributed by atoms with van der Waals surface area (Å²) in [7, 11) is 0. The second-order valence-electron chi connectivity index (χ2n) is 4.89. The van der Waals surface area contributed by atoms with Crippen LogP contribution in [0.4, 0.5) is 11.4 Å². The fraction of sp³-hybridized carbons (Fsp3) is 0.385. The van der Waals surface area contributed by atoms with Gasteiger partial charge in [0, 0.05) is 13.0 Å². The Morgan fingerprint density at radius 1 is 1.55 bits per heavy atom. The lowest BCUT2D eigenvalue weighted by Gasteiger charge is -2.26. The van der Waals surface area contributed by atoms with Gasteiger partial charge in [0.05, 0.1) is 22.1 Å². The summed E-state index contributed by atoms with van der Waals surface area (Å²) in [4.78, 5) is 21.3. The van der Waals surface area contributed by atoms with Gasteiger partial charge in [-0.3, -0.25) is 14.9 Å². The number of hydrogen-bond acceptors (Lipinski definition) is 6. The Bertz CT molecular complexity index is 575. The third-order valence-electron chi connectivity index (χ3n) is 2.43. The van der Waals surface area contributed by atoms with Gasteiger partial charge < -0.3 is 10.1 Å². The van der Waals surface area contributed by atoms with E-state index in [9.17, 15) is 14.9 Å². The number of nitro benzene ring substituents is 1. The van der Waals surface area contributed by atoms with Gasteiger partial charge in [0.25, 0.3) is 5.69 Å². The summed E-state index contributed by atoms with van der Waals surface area (Å²) in [6.45, 7) is 4.86. The van der Waals surface area contributed by atoms with E-state index in [2.05, 4.69) is 5.32 Å². The number of rotatable bonds is 5. The van der Waals surface area contributed by atoms with Crippen molar-refractivity contribution in [2.45, 2.75) is 26.3 Å². The van der Waals surface area contributed by atoms with E-state index in [1.165, 1.54) is 25.1 Å². The van der Waals surface area contributed by atoms with Crippen LogP contribution in [-0.4, -0.2) is 23.0 Å². The average molecular weight is 277 g/mol. The van der Waals surface area contributed by atoms with Gasteiger partial charge in [-0.25, -0.2) is 0 Å². The van der Waals surface area contributed by atoms with Crippen molar-refractivity contribution in [3.63, 3.8) is 0 Å². The van der Waals surface area contributed by atoms with Crippen LogP contribution >= 0.6 is 0 Å². The molecule has 1 aromatic rings. The molecule has 0 aromatic heterocycles. The third-order valence-corrected chi connectivity index (χ3v) is 2.43. The monoisotopic (exact) mass is 277 g/mol. The van der Waals surface area contributed by atoms with Gasteiger partial charge in [-0.05, 0) is 26.0 Å². The Morgan fingerprint density at radius 3 is 2.70 bits per heavy atom. The number of nitrogens with zero attached hydrogens (tertiary/aromatic N) is 2. The fourth-order valence-electron chi connectivity index (χ4n) is 1.54. The van der Waals surface area contributed by atoms with Gasteiger partial charge in [0.2, 0.25) is 0 Å². The zero-order valence-electron chi connectivity index (χ0n) is 11.5. The summed E-state index contributed by atoms with van der Waals surface area (Å²) in [6, 6.07) is 6.00. The molecular weight excluding hydrogens is 262 g/mol. The number of nitrogens with one attached hydrogen (secondary N) is 1. The molecule has 1 N–H and O–H groups in total. The highest BCUT2D eigenvalue weighted by Gasteiger charge is 2.24. The first-order chi connectivity index (χ1) is 9.25. The molecule has 106 valence electrons. The lowest BCUT2D eigenvalue weighted by Crippen LogP contribution is -2.37. The average Bonchev–Trinajstić information content (AvgIpc) is 2.36. The molecule has 7 heteroatoms. The van der Waals surface area contributed by atoms with Gasteiger partial charge in [-0.15, -0.1) is 0 Å². The molecule has 0 radical (unpaired) electrons. The molecule has 0 aliphatic carbocycles. The molecule has 0 atom stereocenters. The number of anilines is 1. The minimum Gasteiger partial charge on any atom is -0.463 e. The van der Waals surface area contributed by atoms with Crippen LogP contribution < -0.4 is 5.32 Å². The summed E-state index contributed by atoms with van der Waals surface area (Å²) in [5, 5.41) is 22.7. The molecule has 0 amide bonds. The summed E-state index contributed by atoms with van der Waals surface area (Å²) in [5.41, 5.74) is -0.393. The van der Waals surface area contributed by atoms with Crippen LogP contribution in [0.25, 0.3) is 0 Å². The predicted molar refractivity (Wildman–Crippen MR) is 72.1 cm³/mol. The molecular formula is C13H15N3O4. The summed E-state index contributed by atoms with van der Waals surface area (Å²) in [5.74, 6) is -0.422. The first-order valence-electron chi connectivity index (χ1n) is 5.85. The molecule has 0 heterocycles. The maximum Gasteiger partial charge on any atom is 0.302 e. The minimum atomic E-state index is -0.676. The quantitative estimate of drug-likeness (QED) is 0.502. The van der Waals surface area contributed by atoms with Crippen molar-refractivity contribution < 1.29 is 14.5 Å². The van der Waals surface area contributed by atoms with Gasteiger partial charge in [0.15, 0.2) is 0 Å². The smallest absolute Gasteiger partial charge is 0.302 e. The molecule has 0 saturated carbocycles. The minimum absolute atomic E-state index is 0.0689. The molecule has 0 bridgehead atoms. The van der Waals surface area contributed by atoms with Crippen molar-refractivity contribution in [2.24, 2.45) is 0 Å². The normalized spacial score (nSPS) is 10.5. The molecule has 0 unspecified atom stereocenters. The molecule has 0 aliphatic heterocycles. The Hall–Kier alpha value is -2.62. The fourth-order valence-corrected chi connectivity index (χ4v) is 1.54. The van der Waals surface area contributed by atoms with Crippen LogP contribution in [0, 0.1) is 21.4 Å². The van der Waals surface area contributed by atoms with Gasteiger partial charge in [0.1, 0.15) is 12.3 Å². The number of nitriles is 1. The molecule has 0 spiro atoms. The summed E-state index contributed by atoms with van der Waals surface area (Å²) < 4.78 is 4.90. The van der Waals surface area contributed by atoms with E-state index < -0.39 is 16.4 Å². The zero-order chi connectivity index (χ0) is 15.3. The highest BCUT2D eigenvalue weighted by molar-refractivity contribution is 5.67. The van der Waals surface area contributed by atoms with E-state index in [1.54, 1.807) is 13.8 Å². The lowest BCUT2D eigenvalue weighted by molar-refractivity contribution is -0.384. The number of benzene rings is 1. The first-order valence-corrected chi connectivity index (χ1v) is 5.85. The highest BCUT2D eigenvalue weighted by Crippen LogP contribution is 2.28. The van der Waals surface area contributed by atoms with E-state index in [1.807, 2.05) is 6.07 Å². The second-order valence-corrected chi connectivity index (χ2v) is 4.89. The number of carbonyl (C=O) groups is 1. The molecule has 0 fully saturated rings. The van der Waals surface area contributed by atoms with Gasteiger partial charge >= 0.3 is 5.97 Å². The van der Waals surface area contributed by atoms with Crippen LogP contribution in [-0.2, 0) is 9.53 Å². The number of nitro groups is 1. The number of ether oxygens (including phenoxy) is 1. The van der Waals surface area contributed by atoms with E-state index in [4.69, 9.17) is 10.00 Å². The van der Waals surface area contributed by atoms with Crippen LogP contribution in [0.3, 0.4) is 0 Å². The lowest BCUT2D eigenvalue weighted by atomic mass is 10.1. The Kier molecular flexibility index (Phi) is 4.64. The highest BCUT2D eigenvalue weighted by atomic mass is 16.6. The summed E-state index contributed by atoms with van der Waals surface area (Å²) >= 11 is 0. The second kappa shape index (κ2) is 6.02. The van der Waals surface area contributed by atoms with Crippen molar-refractivity contribution in [1.82, 2.24) is 0 Å². The zero-order valence-corrected chi connectivity index (χ0v) is 11.5. The number of esters is 1. The predicted octanol–water partition coefficient (Wildman–Crippen LogP) is 2.22. The van der Waals surface area contributed by atoms with Crippen LogP contribution in [0.2, 0.25) is 0 Å². The maximum absolute atomic E-state index is 11.0. The maximum atomic E-state index is 11.0. The van der Waals surface area contributed by atoms with Gasteiger partial charge in [-0.2, -0.15) is 5.26 Å². The molecule has 0 aliphatic rings. The Labute approximate surface area is 116 Å². The topological polar surface area (TPSA) is 105 Å². The molecule has 20 heavy (non-hydrogen) atoms. The summed E-state index contributed by atoms with van der Waals surface area (Å²) in [6.07, 6.45) is 0. The van der Waals surface area contributed by atoms with E-state index in [0.29, 0.717) is 0 Å². The molecule has 1 aromatic carbocycles. The van der Waals surface area contributed by atoms with Crippen molar-refractivity contribution in [3.8, 4) is 6.07 Å². The van der Waals surface area contributed by atoms with Crippen molar-refractivity contribution in [3.05, 3.63) is 33.9 Å². The van der Waals surface area contributed by atoms with Gasteiger partial charge in [-0.1, -0.05) is 0 Å². The number of carbonyl (C=O) groups excluding carboxylic acids is 1. The Morgan fingerprint density at radius 2 is 2.20 bits per heavy atom. The van der Waals surface area contributed by atoms with E-state index in [-0.39, 0.29) is 23.5 Å². The van der Waals surface area contributed by atoms with E-state index in [0.717, 1.165) is 0 Å². The van der Waals surface area contributed by atoms with Crippen LogP contribution in [0.15, 0.2) is 18.2 Å². The van der Waals surface area contributed by atoms with Crippen molar-refractivity contribution >= 4 is 17.3 Å². The third kappa shape index (κ3) is 4.24. The molecule has 1 rings (SSSR count). The van der Waals surface area contributed by atoms with Crippen LogP contribution in [0.5, 0.6) is 0 Å². The first kappa shape index (κ1) is 15.4. The standard InChI is InChI=1S/C13H15N3O4/c1-9(17)20-8-13(2,3)15-11-5-4-10(7-14)6-12(11)16(18)19/h4-6,15H,8H2,1-3H3. The van der Waals surface area contributed by atoms with Crippen LogP contribution in [0.1, 0.15) is 26.3 Å². The number of hydrogen-bond donors (Lipinski definition) is 1. The van der Waals surface area contributed by atoms with E-state index >= 15 is 0 Å². The van der Waals surface area contributed by atoms with Crippen molar-refractivity contribution in [1.29, 1.82) is 5.26 Å². The molecule has 7 nitrogen and oxygen atoms in total. The SMILES string of the molecule is CC(=O)OCC(C)(C)Nc1ccc(C#N)cc1[N+](=O)[O-]. The largest absolute Gasteiger partial charge is 0.463 e. The Balaban J connectivity index is 2.99. The van der Waals surface area contributed by atoms with Crippen molar-refractivity contribution in [2.75, 3.05) is 11.9 Å². The molecule has 0 saturated heterocycles.